The van der Waals surface area contributed by atoms with Crippen molar-refractivity contribution in [1.29, 1.82) is 0 Å². The first-order valence-electron chi connectivity index (χ1n) is 3.49. The Labute approximate surface area is 74.6 Å². The average Bonchev–Trinajstić information content (AvgIpc) is 2.54. The summed E-state index contributed by atoms with van der Waals surface area (Å²) >= 11 is 5.62. The molecule has 2 rings (SSSR count). The molecule has 3 nitrogen and oxygen atoms in total. The van der Waals surface area contributed by atoms with E-state index in [1.165, 1.54) is 0 Å². The van der Waals surface area contributed by atoms with Crippen LogP contribution < -0.4 is 0 Å². The lowest BCUT2D eigenvalue weighted by Gasteiger charge is -1.96. The topological polar surface area (TPSA) is 30.7 Å². The highest BCUT2D eigenvalue weighted by molar-refractivity contribution is 6.29. The number of aromatic nitrogens is 3. The maximum Gasteiger partial charge on any atom is 0.171 e. The summed E-state index contributed by atoms with van der Waals surface area (Å²) in [5.74, 6) is 0. The highest BCUT2D eigenvalue weighted by Crippen LogP contribution is 2.07. The molecule has 0 amide bonds. The summed E-state index contributed by atoms with van der Waals surface area (Å²) in [7, 11) is 0. The molecule has 1 heterocycles. The highest BCUT2D eigenvalue weighted by atomic mass is 35.5. The molecular weight excluding hydrogens is 174 g/mol. The second-order valence-corrected chi connectivity index (χ2v) is 2.71. The molecule has 1 aromatic carbocycles. The third-order valence-electron chi connectivity index (χ3n) is 1.49. The molecule has 0 spiro atoms. The fourth-order valence-corrected chi connectivity index (χ4v) is 1.08. The Bertz CT molecular complexity index is 369. The van der Waals surface area contributed by atoms with E-state index in [9.17, 15) is 0 Å². The second-order valence-electron chi connectivity index (χ2n) is 2.32. The molecule has 0 aliphatic heterocycles. The van der Waals surface area contributed by atoms with Crippen molar-refractivity contribution in [3.05, 3.63) is 41.7 Å². The fraction of sp³-hybridized carbons (Fsp3) is 0. The molecule has 0 saturated heterocycles. The van der Waals surface area contributed by atoms with Crippen molar-refractivity contribution < 1.29 is 0 Å². The molecule has 2 aromatic rings. The summed E-state index contributed by atoms with van der Waals surface area (Å²) in [5.41, 5.74) is 0.955. The van der Waals surface area contributed by atoms with Crippen LogP contribution in [0, 0.1) is 0 Å². The summed E-state index contributed by atoms with van der Waals surface area (Å²) in [6.45, 7) is 0. The molecule has 0 radical (unpaired) electrons. The quantitative estimate of drug-likeness (QED) is 0.670. The van der Waals surface area contributed by atoms with Gasteiger partial charge in [0, 0.05) is 0 Å². The van der Waals surface area contributed by atoms with Crippen molar-refractivity contribution in [3.8, 4) is 5.69 Å². The van der Waals surface area contributed by atoms with Crippen LogP contribution in [0.3, 0.4) is 0 Å². The summed E-state index contributed by atoms with van der Waals surface area (Å²) in [5, 5.41) is 7.89. The highest BCUT2D eigenvalue weighted by Gasteiger charge is 1.97. The van der Waals surface area contributed by atoms with Gasteiger partial charge in [0.05, 0.1) is 11.9 Å². The number of benzene rings is 1. The van der Waals surface area contributed by atoms with Gasteiger partial charge in [-0.1, -0.05) is 35.0 Å². The zero-order chi connectivity index (χ0) is 8.39. The van der Waals surface area contributed by atoms with Crippen molar-refractivity contribution in [1.82, 2.24) is 15.0 Å². The van der Waals surface area contributed by atoms with Crippen molar-refractivity contribution >= 4 is 11.6 Å². The van der Waals surface area contributed by atoms with Gasteiger partial charge in [-0.3, -0.25) is 0 Å². The van der Waals surface area contributed by atoms with Crippen LogP contribution in [0.25, 0.3) is 5.69 Å². The van der Waals surface area contributed by atoms with Gasteiger partial charge in [-0.2, -0.15) is 0 Å². The van der Waals surface area contributed by atoms with Crippen molar-refractivity contribution in [3.63, 3.8) is 0 Å². The lowest BCUT2D eigenvalue weighted by atomic mass is 10.3. The minimum Gasteiger partial charge on any atom is -0.219 e. The zero-order valence-electron chi connectivity index (χ0n) is 6.18. The molecule has 0 fully saturated rings. The molecule has 4 heteroatoms. The van der Waals surface area contributed by atoms with E-state index in [0.717, 1.165) is 5.69 Å². The maximum absolute atomic E-state index is 5.62. The van der Waals surface area contributed by atoms with Crippen LogP contribution in [-0.2, 0) is 0 Å². The maximum atomic E-state index is 5.62. The molecular formula is C8H6ClN3. The Balaban J connectivity index is 2.45. The summed E-state index contributed by atoms with van der Waals surface area (Å²) in [6, 6.07) is 9.69. The summed E-state index contributed by atoms with van der Waals surface area (Å²) in [4.78, 5) is 0. The standard InChI is InChI=1S/C8H6ClN3/c9-8-6-12(11-10-8)7-4-2-1-3-5-7/h1-6H. The van der Waals surface area contributed by atoms with Gasteiger partial charge in [0.15, 0.2) is 5.15 Å². The number of rotatable bonds is 1. The minimum absolute atomic E-state index is 0.402. The number of hydrogen-bond donors (Lipinski definition) is 0. The van der Waals surface area contributed by atoms with Crippen molar-refractivity contribution in [2.24, 2.45) is 0 Å². The van der Waals surface area contributed by atoms with Crippen LogP contribution in [0.2, 0.25) is 5.15 Å². The molecule has 12 heavy (non-hydrogen) atoms. The molecule has 0 bridgehead atoms. The van der Waals surface area contributed by atoms with E-state index in [0.29, 0.717) is 5.15 Å². The number of para-hydroxylation sites is 1. The Morgan fingerprint density at radius 2 is 1.92 bits per heavy atom. The smallest absolute Gasteiger partial charge is 0.171 e. The molecule has 1 aromatic heterocycles. The Morgan fingerprint density at radius 3 is 2.50 bits per heavy atom. The van der Waals surface area contributed by atoms with Crippen LogP contribution in [0.15, 0.2) is 36.5 Å². The van der Waals surface area contributed by atoms with E-state index in [1.54, 1.807) is 10.9 Å². The second kappa shape index (κ2) is 2.95. The largest absolute Gasteiger partial charge is 0.219 e. The Hall–Kier alpha value is -1.35. The van der Waals surface area contributed by atoms with Crippen LogP contribution in [0.4, 0.5) is 0 Å². The van der Waals surface area contributed by atoms with E-state index in [2.05, 4.69) is 10.3 Å². The number of hydrogen-bond acceptors (Lipinski definition) is 2. The van der Waals surface area contributed by atoms with Crippen molar-refractivity contribution in [2.75, 3.05) is 0 Å². The number of nitrogens with zero attached hydrogens (tertiary/aromatic N) is 3. The molecule has 0 saturated carbocycles. The molecule has 0 atom stereocenters. The lowest BCUT2D eigenvalue weighted by molar-refractivity contribution is 0.803. The number of halogens is 1. The first kappa shape index (κ1) is 7.31. The monoisotopic (exact) mass is 179 g/mol. The third kappa shape index (κ3) is 1.31. The first-order valence-corrected chi connectivity index (χ1v) is 3.87. The van der Waals surface area contributed by atoms with Crippen LogP contribution in [0.5, 0.6) is 0 Å². The van der Waals surface area contributed by atoms with Gasteiger partial charge >= 0.3 is 0 Å². The van der Waals surface area contributed by atoms with Crippen LogP contribution in [-0.4, -0.2) is 15.0 Å². The summed E-state index contributed by atoms with van der Waals surface area (Å²) in [6.07, 6.45) is 1.66. The van der Waals surface area contributed by atoms with Crippen LogP contribution in [0.1, 0.15) is 0 Å². The Kier molecular flexibility index (Phi) is 1.80. The summed E-state index contributed by atoms with van der Waals surface area (Å²) < 4.78 is 1.63. The van der Waals surface area contributed by atoms with E-state index in [4.69, 9.17) is 11.6 Å². The SMILES string of the molecule is Clc1cn(-c2ccccc2)nn1. The average molecular weight is 180 g/mol. The molecule has 0 aliphatic carbocycles. The minimum atomic E-state index is 0.402. The predicted octanol–water partition coefficient (Wildman–Crippen LogP) is 1.92. The zero-order valence-corrected chi connectivity index (χ0v) is 6.94. The molecule has 60 valence electrons. The van der Waals surface area contributed by atoms with Crippen LogP contribution >= 0.6 is 11.6 Å². The van der Waals surface area contributed by atoms with Crippen molar-refractivity contribution in [2.45, 2.75) is 0 Å². The van der Waals surface area contributed by atoms with Gasteiger partial charge in [-0.25, -0.2) is 4.68 Å². The van der Waals surface area contributed by atoms with E-state index in [-0.39, 0.29) is 0 Å². The lowest BCUT2D eigenvalue weighted by Crippen LogP contribution is -1.93. The van der Waals surface area contributed by atoms with Gasteiger partial charge in [0.1, 0.15) is 0 Å². The predicted molar refractivity (Wildman–Crippen MR) is 46.4 cm³/mol. The van der Waals surface area contributed by atoms with E-state index < -0.39 is 0 Å². The first-order chi connectivity index (χ1) is 5.86. The Morgan fingerprint density at radius 1 is 1.17 bits per heavy atom. The third-order valence-corrected chi connectivity index (χ3v) is 1.66. The van der Waals surface area contributed by atoms with Gasteiger partial charge in [-0.05, 0) is 12.1 Å². The van der Waals surface area contributed by atoms with Gasteiger partial charge < -0.3 is 0 Å². The van der Waals surface area contributed by atoms with E-state index in [1.807, 2.05) is 30.3 Å². The normalized spacial score (nSPS) is 10.1. The van der Waals surface area contributed by atoms with Gasteiger partial charge in [0.25, 0.3) is 0 Å². The molecule has 0 aliphatic rings. The molecule has 0 unspecified atom stereocenters. The molecule has 0 N–H and O–H groups in total. The van der Waals surface area contributed by atoms with Gasteiger partial charge in [-0.15, -0.1) is 5.10 Å². The fourth-order valence-electron chi connectivity index (χ4n) is 0.950. The van der Waals surface area contributed by atoms with E-state index >= 15 is 0 Å². The van der Waals surface area contributed by atoms with Gasteiger partial charge in [0.2, 0.25) is 0 Å².